The second kappa shape index (κ2) is 5.85. The van der Waals surface area contributed by atoms with Crippen LogP contribution in [-0.2, 0) is 6.61 Å². The van der Waals surface area contributed by atoms with E-state index in [0.717, 1.165) is 12.2 Å². The number of aliphatic hydroxyl groups is 1. The van der Waals surface area contributed by atoms with Gasteiger partial charge in [-0.3, -0.25) is 0 Å². The van der Waals surface area contributed by atoms with Crippen LogP contribution in [0.2, 0.25) is 5.02 Å². The van der Waals surface area contributed by atoms with Gasteiger partial charge in [0, 0.05) is 18.4 Å². The van der Waals surface area contributed by atoms with E-state index in [1.54, 1.807) is 12.3 Å². The van der Waals surface area contributed by atoms with Crippen LogP contribution in [0.5, 0.6) is 0 Å². The monoisotopic (exact) mass is 262 g/mol. The molecule has 0 fully saturated rings. The summed E-state index contributed by atoms with van der Waals surface area (Å²) < 4.78 is 0. The number of para-hydroxylation sites is 1. The first-order valence-electron chi connectivity index (χ1n) is 5.84. The van der Waals surface area contributed by atoms with E-state index in [1.165, 1.54) is 0 Å². The number of anilines is 2. The molecule has 0 saturated carbocycles. The number of benzene rings is 1. The summed E-state index contributed by atoms with van der Waals surface area (Å²) in [6, 6.07) is 11.7. The van der Waals surface area contributed by atoms with Crippen LogP contribution >= 0.6 is 11.6 Å². The van der Waals surface area contributed by atoms with Crippen LogP contribution in [0.15, 0.2) is 42.6 Å². The van der Waals surface area contributed by atoms with Gasteiger partial charge in [-0.05, 0) is 30.7 Å². The average molecular weight is 263 g/mol. The maximum atomic E-state index is 9.05. The van der Waals surface area contributed by atoms with Crippen LogP contribution in [-0.4, -0.2) is 16.6 Å². The van der Waals surface area contributed by atoms with E-state index in [4.69, 9.17) is 16.7 Å². The minimum absolute atomic E-state index is 0.0511. The number of pyridine rings is 1. The smallest absolute Gasteiger partial charge is 0.151 e. The average Bonchev–Trinajstić information content (AvgIpc) is 2.42. The molecule has 0 aliphatic carbocycles. The summed E-state index contributed by atoms with van der Waals surface area (Å²) in [5.74, 6) is 0.711. The third kappa shape index (κ3) is 2.63. The van der Waals surface area contributed by atoms with Gasteiger partial charge in [0.15, 0.2) is 5.82 Å². The molecule has 1 heterocycles. The highest BCUT2D eigenvalue weighted by Crippen LogP contribution is 2.29. The molecule has 0 saturated heterocycles. The molecule has 0 radical (unpaired) electrons. The first-order chi connectivity index (χ1) is 8.76. The van der Waals surface area contributed by atoms with Crippen molar-refractivity contribution in [2.75, 3.05) is 11.4 Å². The molecule has 0 bridgehead atoms. The Morgan fingerprint density at radius 1 is 1.28 bits per heavy atom. The molecular formula is C14H15ClN2O. The van der Waals surface area contributed by atoms with Crippen LogP contribution in [0.25, 0.3) is 0 Å². The molecule has 0 aliphatic heterocycles. The number of hydrogen-bond donors (Lipinski definition) is 1. The normalized spacial score (nSPS) is 10.4. The molecule has 1 aromatic heterocycles. The fourth-order valence-corrected chi connectivity index (χ4v) is 2.11. The number of aromatic nitrogens is 1. The van der Waals surface area contributed by atoms with Gasteiger partial charge in [0.05, 0.1) is 11.6 Å². The number of halogens is 1. The Balaban J connectivity index is 2.39. The molecule has 3 nitrogen and oxygen atoms in total. The SMILES string of the molecule is CCN(c1ccccc1)c1ncc(CO)cc1Cl. The van der Waals surface area contributed by atoms with Gasteiger partial charge in [-0.25, -0.2) is 4.98 Å². The number of rotatable bonds is 4. The largest absolute Gasteiger partial charge is 0.392 e. The van der Waals surface area contributed by atoms with Gasteiger partial charge in [-0.1, -0.05) is 29.8 Å². The first kappa shape index (κ1) is 12.9. The molecule has 94 valence electrons. The molecular weight excluding hydrogens is 248 g/mol. The van der Waals surface area contributed by atoms with Crippen molar-refractivity contribution in [2.24, 2.45) is 0 Å². The Bertz CT molecular complexity index is 516. The molecule has 1 N–H and O–H groups in total. The van der Waals surface area contributed by atoms with Gasteiger partial charge in [0.1, 0.15) is 0 Å². The van der Waals surface area contributed by atoms with Gasteiger partial charge in [-0.2, -0.15) is 0 Å². The summed E-state index contributed by atoms with van der Waals surface area (Å²) in [6.45, 7) is 2.77. The van der Waals surface area contributed by atoms with Gasteiger partial charge in [-0.15, -0.1) is 0 Å². The van der Waals surface area contributed by atoms with Crippen molar-refractivity contribution in [3.05, 3.63) is 53.2 Å². The van der Waals surface area contributed by atoms with Crippen LogP contribution in [0.3, 0.4) is 0 Å². The molecule has 0 spiro atoms. The standard InChI is InChI=1S/C14H15ClN2O/c1-2-17(12-6-4-3-5-7-12)14-13(15)8-11(10-18)9-16-14/h3-9,18H,2,10H2,1H3. The van der Waals surface area contributed by atoms with Crippen LogP contribution in [0.4, 0.5) is 11.5 Å². The van der Waals surface area contributed by atoms with Crippen LogP contribution < -0.4 is 4.90 Å². The first-order valence-corrected chi connectivity index (χ1v) is 6.22. The van der Waals surface area contributed by atoms with E-state index in [-0.39, 0.29) is 6.61 Å². The topological polar surface area (TPSA) is 36.4 Å². The number of nitrogens with zero attached hydrogens (tertiary/aromatic N) is 2. The highest BCUT2D eigenvalue weighted by atomic mass is 35.5. The molecule has 4 heteroatoms. The highest BCUT2D eigenvalue weighted by molar-refractivity contribution is 6.33. The maximum absolute atomic E-state index is 9.05. The minimum Gasteiger partial charge on any atom is -0.392 e. The predicted molar refractivity (Wildman–Crippen MR) is 74.3 cm³/mol. The van der Waals surface area contributed by atoms with E-state index in [0.29, 0.717) is 16.4 Å². The van der Waals surface area contributed by atoms with Crippen molar-refractivity contribution in [2.45, 2.75) is 13.5 Å². The lowest BCUT2D eigenvalue weighted by Crippen LogP contribution is -2.17. The summed E-state index contributed by atoms with van der Waals surface area (Å²) in [4.78, 5) is 6.36. The minimum atomic E-state index is -0.0511. The van der Waals surface area contributed by atoms with Crippen molar-refractivity contribution < 1.29 is 5.11 Å². The Kier molecular flexibility index (Phi) is 4.18. The van der Waals surface area contributed by atoms with Crippen molar-refractivity contribution in [3.63, 3.8) is 0 Å². The quantitative estimate of drug-likeness (QED) is 0.918. The van der Waals surface area contributed by atoms with E-state index < -0.39 is 0 Å². The molecule has 0 atom stereocenters. The maximum Gasteiger partial charge on any atom is 0.151 e. The number of aliphatic hydroxyl groups excluding tert-OH is 1. The summed E-state index contributed by atoms with van der Waals surface area (Å²) >= 11 is 6.22. The van der Waals surface area contributed by atoms with Crippen LogP contribution in [0.1, 0.15) is 12.5 Å². The molecule has 1 aromatic carbocycles. The van der Waals surface area contributed by atoms with E-state index in [9.17, 15) is 0 Å². The lowest BCUT2D eigenvalue weighted by Gasteiger charge is -2.23. The lowest BCUT2D eigenvalue weighted by molar-refractivity contribution is 0.281. The molecule has 18 heavy (non-hydrogen) atoms. The third-order valence-corrected chi connectivity index (χ3v) is 2.98. The van der Waals surface area contributed by atoms with Gasteiger partial charge < -0.3 is 10.0 Å². The van der Waals surface area contributed by atoms with Crippen molar-refractivity contribution in [1.29, 1.82) is 0 Å². The highest BCUT2D eigenvalue weighted by Gasteiger charge is 2.12. The molecule has 0 unspecified atom stereocenters. The van der Waals surface area contributed by atoms with Gasteiger partial charge >= 0.3 is 0 Å². The summed E-state index contributed by atoms with van der Waals surface area (Å²) in [5, 5.41) is 9.60. The zero-order chi connectivity index (χ0) is 13.0. The molecule has 0 aliphatic rings. The molecule has 2 rings (SSSR count). The fraction of sp³-hybridized carbons (Fsp3) is 0.214. The molecule has 0 amide bonds. The second-order valence-electron chi connectivity index (χ2n) is 3.89. The van der Waals surface area contributed by atoms with Crippen molar-refractivity contribution in [3.8, 4) is 0 Å². The van der Waals surface area contributed by atoms with Gasteiger partial charge in [0.2, 0.25) is 0 Å². The Morgan fingerprint density at radius 3 is 2.56 bits per heavy atom. The zero-order valence-electron chi connectivity index (χ0n) is 10.2. The zero-order valence-corrected chi connectivity index (χ0v) is 10.9. The fourth-order valence-electron chi connectivity index (χ4n) is 1.82. The second-order valence-corrected chi connectivity index (χ2v) is 4.29. The Hall–Kier alpha value is -1.58. The van der Waals surface area contributed by atoms with Crippen molar-refractivity contribution >= 4 is 23.1 Å². The Labute approximate surface area is 112 Å². The summed E-state index contributed by atoms with van der Waals surface area (Å²) in [6.07, 6.45) is 1.65. The molecule has 2 aromatic rings. The van der Waals surface area contributed by atoms with Crippen molar-refractivity contribution in [1.82, 2.24) is 4.98 Å². The lowest BCUT2D eigenvalue weighted by atomic mass is 10.2. The van der Waals surface area contributed by atoms with E-state index >= 15 is 0 Å². The van der Waals surface area contributed by atoms with E-state index in [1.807, 2.05) is 42.2 Å². The predicted octanol–water partition coefficient (Wildman–Crippen LogP) is 3.39. The third-order valence-electron chi connectivity index (χ3n) is 2.70. The van der Waals surface area contributed by atoms with E-state index in [2.05, 4.69) is 4.98 Å². The Morgan fingerprint density at radius 2 is 2.00 bits per heavy atom. The number of hydrogen-bond acceptors (Lipinski definition) is 3. The summed E-state index contributed by atoms with van der Waals surface area (Å²) in [7, 11) is 0. The van der Waals surface area contributed by atoms with Gasteiger partial charge in [0.25, 0.3) is 0 Å². The summed E-state index contributed by atoms with van der Waals surface area (Å²) in [5.41, 5.74) is 1.76. The van der Waals surface area contributed by atoms with Crippen LogP contribution in [0, 0.1) is 0 Å².